The van der Waals surface area contributed by atoms with Crippen LogP contribution in [0.15, 0.2) is 58.3 Å². The van der Waals surface area contributed by atoms with Gasteiger partial charge in [0.2, 0.25) is 5.91 Å². The van der Waals surface area contributed by atoms with Crippen LogP contribution in [0.5, 0.6) is 11.5 Å². The lowest BCUT2D eigenvalue weighted by Gasteiger charge is -2.28. The van der Waals surface area contributed by atoms with Crippen LogP contribution in [0.2, 0.25) is 5.02 Å². The molecule has 1 amide bonds. The van der Waals surface area contributed by atoms with Gasteiger partial charge in [-0.15, -0.1) is 0 Å². The number of aromatic amines is 1. The van der Waals surface area contributed by atoms with Gasteiger partial charge in [-0.25, -0.2) is 4.79 Å². The molecule has 3 N–H and O–H groups in total. The van der Waals surface area contributed by atoms with Crippen molar-refractivity contribution in [1.82, 2.24) is 14.9 Å². The summed E-state index contributed by atoms with van der Waals surface area (Å²) in [5.74, 6) is 0.176. The van der Waals surface area contributed by atoms with E-state index in [9.17, 15) is 19.5 Å². The Morgan fingerprint density at radius 2 is 1.97 bits per heavy atom. The van der Waals surface area contributed by atoms with Crippen molar-refractivity contribution < 1.29 is 19.4 Å². The van der Waals surface area contributed by atoms with Crippen molar-refractivity contribution in [3.63, 3.8) is 0 Å². The number of rotatable bonds is 5. The van der Waals surface area contributed by atoms with Gasteiger partial charge >= 0.3 is 5.69 Å². The van der Waals surface area contributed by atoms with Gasteiger partial charge in [0.15, 0.2) is 0 Å². The quantitative estimate of drug-likeness (QED) is 0.497. The van der Waals surface area contributed by atoms with E-state index in [-0.39, 0.29) is 18.9 Å². The lowest BCUT2D eigenvalue weighted by Crippen LogP contribution is -2.40. The van der Waals surface area contributed by atoms with Crippen LogP contribution in [-0.2, 0) is 16.0 Å². The Bertz CT molecular complexity index is 1400. The van der Waals surface area contributed by atoms with Crippen LogP contribution in [0.25, 0.3) is 0 Å². The SMILES string of the molecule is CCc1cn([C@H]2C[C@H](O)[C@@H](CNC(=O)C3c4ccccc4Oc4cc(Cl)ccc43)O2)c(=O)[nH]c1=O. The van der Waals surface area contributed by atoms with E-state index in [2.05, 4.69) is 10.3 Å². The van der Waals surface area contributed by atoms with Gasteiger partial charge in [-0.3, -0.25) is 19.1 Å². The van der Waals surface area contributed by atoms with Crippen LogP contribution < -0.4 is 21.3 Å². The maximum atomic E-state index is 13.4. The van der Waals surface area contributed by atoms with Crippen molar-refractivity contribution in [2.45, 2.75) is 44.1 Å². The molecular weight excluding hydrogens is 474 g/mol. The first-order valence-electron chi connectivity index (χ1n) is 11.4. The molecule has 0 radical (unpaired) electrons. The average Bonchev–Trinajstić information content (AvgIpc) is 3.21. The van der Waals surface area contributed by atoms with E-state index in [1.165, 1.54) is 10.8 Å². The van der Waals surface area contributed by atoms with Crippen molar-refractivity contribution in [3.05, 3.63) is 91.2 Å². The van der Waals surface area contributed by atoms with Gasteiger partial charge in [0.1, 0.15) is 23.8 Å². The number of aliphatic hydroxyl groups excluding tert-OH is 1. The van der Waals surface area contributed by atoms with Gasteiger partial charge in [0.25, 0.3) is 5.56 Å². The Balaban J connectivity index is 1.34. The molecule has 0 saturated carbocycles. The second-order valence-electron chi connectivity index (χ2n) is 8.61. The van der Waals surface area contributed by atoms with E-state index >= 15 is 0 Å². The fraction of sp³-hybridized carbons (Fsp3) is 0.320. The minimum atomic E-state index is -0.905. The summed E-state index contributed by atoms with van der Waals surface area (Å²) in [6, 6.07) is 12.4. The van der Waals surface area contributed by atoms with Crippen molar-refractivity contribution in [2.75, 3.05) is 6.54 Å². The molecule has 3 heterocycles. The molecule has 1 saturated heterocycles. The first-order chi connectivity index (χ1) is 16.9. The van der Waals surface area contributed by atoms with Gasteiger partial charge in [0, 0.05) is 40.9 Å². The number of nitrogens with zero attached hydrogens (tertiary/aromatic N) is 1. The third-order valence-corrected chi connectivity index (χ3v) is 6.65. The number of amides is 1. The maximum Gasteiger partial charge on any atom is 0.330 e. The van der Waals surface area contributed by atoms with Crippen molar-refractivity contribution in [2.24, 2.45) is 0 Å². The summed E-state index contributed by atoms with van der Waals surface area (Å²) in [4.78, 5) is 39.8. The highest BCUT2D eigenvalue weighted by molar-refractivity contribution is 6.30. The zero-order chi connectivity index (χ0) is 24.7. The molecule has 1 aromatic heterocycles. The minimum Gasteiger partial charge on any atom is -0.457 e. The predicted octanol–water partition coefficient (Wildman–Crippen LogP) is 2.45. The van der Waals surface area contributed by atoms with Gasteiger partial charge in [-0.1, -0.05) is 42.8 Å². The highest BCUT2D eigenvalue weighted by atomic mass is 35.5. The summed E-state index contributed by atoms with van der Waals surface area (Å²) >= 11 is 6.13. The van der Waals surface area contributed by atoms with E-state index in [4.69, 9.17) is 21.1 Å². The number of carbonyl (C=O) groups excluding carboxylic acids is 1. The standard InChI is InChI=1S/C25H24ClN3O6/c1-2-13-12-29(25(33)28-23(13)31)21-10-17(30)20(35-21)11-27-24(32)22-15-5-3-4-6-18(15)34-19-9-14(26)7-8-16(19)22/h3-9,12,17,20-22,30H,2,10-11H2,1H3,(H,27,32)(H,28,31,33)/t17-,20+,21+,22?/m0/s1. The summed E-state index contributed by atoms with van der Waals surface area (Å²) in [6.45, 7) is 1.85. The lowest BCUT2D eigenvalue weighted by atomic mass is 9.87. The minimum absolute atomic E-state index is 0.0394. The fourth-order valence-corrected chi connectivity index (χ4v) is 4.74. The largest absolute Gasteiger partial charge is 0.457 e. The molecule has 4 atom stereocenters. The second-order valence-corrected chi connectivity index (χ2v) is 9.04. The molecule has 0 bridgehead atoms. The summed E-state index contributed by atoms with van der Waals surface area (Å²) in [7, 11) is 0. The van der Waals surface area contributed by atoms with Gasteiger partial charge in [0.05, 0.1) is 12.0 Å². The number of aliphatic hydroxyl groups is 1. The highest BCUT2D eigenvalue weighted by Gasteiger charge is 2.37. The zero-order valence-electron chi connectivity index (χ0n) is 18.9. The molecule has 35 heavy (non-hydrogen) atoms. The molecule has 10 heteroatoms. The zero-order valence-corrected chi connectivity index (χ0v) is 19.6. The van der Waals surface area contributed by atoms with Crippen molar-refractivity contribution in [1.29, 1.82) is 0 Å². The number of ether oxygens (including phenoxy) is 2. The summed E-state index contributed by atoms with van der Waals surface area (Å²) in [5, 5.41) is 13.9. The second kappa shape index (κ2) is 9.33. The summed E-state index contributed by atoms with van der Waals surface area (Å²) in [6.07, 6.45) is -0.334. The lowest BCUT2D eigenvalue weighted by molar-refractivity contribution is -0.123. The Hall–Kier alpha value is -3.40. The molecule has 0 spiro atoms. The third-order valence-electron chi connectivity index (χ3n) is 6.41. The molecule has 2 aliphatic rings. The molecule has 2 aliphatic heterocycles. The predicted molar refractivity (Wildman–Crippen MR) is 128 cm³/mol. The van der Waals surface area contributed by atoms with Crippen LogP contribution in [-0.4, -0.2) is 39.3 Å². The van der Waals surface area contributed by atoms with Crippen LogP contribution in [0.3, 0.4) is 0 Å². The number of hydrogen-bond donors (Lipinski definition) is 3. The van der Waals surface area contributed by atoms with Crippen LogP contribution in [0.4, 0.5) is 0 Å². The molecule has 0 aliphatic carbocycles. The Kier molecular flexibility index (Phi) is 6.22. The number of halogens is 1. The first-order valence-corrected chi connectivity index (χ1v) is 11.7. The Morgan fingerprint density at radius 3 is 2.77 bits per heavy atom. The number of benzene rings is 2. The first kappa shape index (κ1) is 23.3. The van der Waals surface area contributed by atoms with Crippen LogP contribution in [0, 0.1) is 0 Å². The normalized spacial score (nSPS) is 22.7. The number of nitrogens with one attached hydrogen (secondary N) is 2. The summed E-state index contributed by atoms with van der Waals surface area (Å²) < 4.78 is 13.1. The molecule has 1 unspecified atom stereocenters. The van der Waals surface area contributed by atoms with Crippen LogP contribution >= 0.6 is 11.6 Å². The van der Waals surface area contributed by atoms with E-state index < -0.39 is 35.6 Å². The molecular formula is C25H24ClN3O6. The summed E-state index contributed by atoms with van der Waals surface area (Å²) in [5.41, 5.74) is 0.801. The molecule has 1 fully saturated rings. The van der Waals surface area contributed by atoms with Crippen molar-refractivity contribution >= 4 is 17.5 Å². The number of H-pyrrole nitrogens is 1. The molecule has 9 nitrogen and oxygen atoms in total. The topological polar surface area (TPSA) is 123 Å². The van der Waals surface area contributed by atoms with E-state index in [0.29, 0.717) is 34.1 Å². The monoisotopic (exact) mass is 497 g/mol. The van der Waals surface area contributed by atoms with Crippen molar-refractivity contribution in [3.8, 4) is 11.5 Å². The fourth-order valence-electron chi connectivity index (χ4n) is 4.58. The molecule has 5 rings (SSSR count). The number of hydrogen-bond acceptors (Lipinski definition) is 6. The number of para-hydroxylation sites is 1. The highest BCUT2D eigenvalue weighted by Crippen LogP contribution is 2.45. The number of carbonyl (C=O) groups is 1. The van der Waals surface area contributed by atoms with Gasteiger partial charge < -0.3 is 19.9 Å². The van der Waals surface area contributed by atoms with E-state index in [1.54, 1.807) is 24.3 Å². The number of aromatic nitrogens is 2. The third kappa shape index (κ3) is 4.38. The van der Waals surface area contributed by atoms with Gasteiger partial charge in [-0.2, -0.15) is 0 Å². The Morgan fingerprint density at radius 1 is 1.20 bits per heavy atom. The van der Waals surface area contributed by atoms with E-state index in [1.807, 2.05) is 25.1 Å². The molecule has 3 aromatic rings. The Labute approximate surface area is 205 Å². The van der Waals surface area contributed by atoms with E-state index in [0.717, 1.165) is 5.56 Å². The smallest absolute Gasteiger partial charge is 0.330 e. The molecule has 182 valence electrons. The van der Waals surface area contributed by atoms with Crippen LogP contribution in [0.1, 0.15) is 42.2 Å². The van der Waals surface area contributed by atoms with Gasteiger partial charge in [-0.05, 0) is 24.6 Å². The maximum absolute atomic E-state index is 13.4. The molecule has 2 aromatic carbocycles. The number of fused-ring (bicyclic) bond motifs is 2. The number of aryl methyl sites for hydroxylation is 1. The average molecular weight is 498 g/mol.